The van der Waals surface area contributed by atoms with Crippen LogP contribution in [0.15, 0.2) is 48.5 Å². The first-order chi connectivity index (χ1) is 13.4. The summed E-state index contributed by atoms with van der Waals surface area (Å²) in [4.78, 5) is 35.4. The largest absolute Gasteiger partial charge is 0.493 e. The Hall–Kier alpha value is -3.69. The summed E-state index contributed by atoms with van der Waals surface area (Å²) in [6.07, 6.45) is 0. The summed E-state index contributed by atoms with van der Waals surface area (Å²) in [7, 11) is 1.21. The van der Waals surface area contributed by atoms with Gasteiger partial charge in [0, 0.05) is 5.56 Å². The van der Waals surface area contributed by atoms with Crippen LogP contribution in [0.5, 0.6) is 11.5 Å². The number of halogens is 2. The zero-order chi connectivity index (χ0) is 20.5. The number of amides is 2. The van der Waals surface area contributed by atoms with Gasteiger partial charge in [-0.15, -0.1) is 0 Å². The van der Waals surface area contributed by atoms with Gasteiger partial charge < -0.3 is 14.2 Å². The molecule has 8 nitrogen and oxygen atoms in total. The molecule has 0 bridgehead atoms. The number of esters is 1. The Bertz CT molecular complexity index is 845. The number of rotatable bonds is 7. The molecule has 2 aromatic rings. The minimum atomic E-state index is -3.05. The number of hydrazine groups is 1. The number of methoxy groups -OCH3 is 1. The van der Waals surface area contributed by atoms with E-state index in [1.807, 2.05) is 0 Å². The van der Waals surface area contributed by atoms with Crippen molar-refractivity contribution in [1.82, 2.24) is 10.9 Å². The van der Waals surface area contributed by atoms with Gasteiger partial charge >= 0.3 is 12.6 Å². The average Bonchev–Trinajstić information content (AvgIpc) is 2.70. The van der Waals surface area contributed by atoms with Gasteiger partial charge in [-0.2, -0.15) is 8.78 Å². The molecule has 148 valence electrons. The van der Waals surface area contributed by atoms with Crippen LogP contribution >= 0.6 is 0 Å². The van der Waals surface area contributed by atoms with E-state index in [-0.39, 0.29) is 17.1 Å². The van der Waals surface area contributed by atoms with Crippen LogP contribution in [0.25, 0.3) is 0 Å². The lowest BCUT2D eigenvalue weighted by Crippen LogP contribution is -2.43. The maximum atomic E-state index is 12.3. The van der Waals surface area contributed by atoms with E-state index in [4.69, 9.17) is 9.47 Å². The lowest BCUT2D eigenvalue weighted by Gasteiger charge is -2.11. The van der Waals surface area contributed by atoms with E-state index in [2.05, 4.69) is 15.6 Å². The van der Waals surface area contributed by atoms with Gasteiger partial charge in [0.2, 0.25) is 0 Å². The Kier molecular flexibility index (Phi) is 7.26. The molecule has 0 saturated carbocycles. The van der Waals surface area contributed by atoms with Crippen LogP contribution in [0.3, 0.4) is 0 Å². The van der Waals surface area contributed by atoms with E-state index in [1.165, 1.54) is 13.2 Å². The molecule has 0 radical (unpaired) electrons. The molecule has 2 N–H and O–H groups in total. The Balaban J connectivity index is 1.86. The summed E-state index contributed by atoms with van der Waals surface area (Å²) < 4.78 is 38.5. The molecule has 2 rings (SSSR count). The highest BCUT2D eigenvalue weighted by Crippen LogP contribution is 2.29. The Morgan fingerprint density at radius 3 is 2.32 bits per heavy atom. The molecule has 0 fully saturated rings. The third-order valence-corrected chi connectivity index (χ3v) is 3.30. The number of alkyl halides is 2. The molecule has 0 aliphatic carbocycles. The van der Waals surface area contributed by atoms with Crippen molar-refractivity contribution < 1.29 is 37.4 Å². The van der Waals surface area contributed by atoms with Gasteiger partial charge in [0.25, 0.3) is 11.8 Å². The van der Waals surface area contributed by atoms with Crippen LogP contribution in [0.1, 0.15) is 20.7 Å². The van der Waals surface area contributed by atoms with E-state index in [0.29, 0.717) is 5.56 Å². The predicted molar refractivity (Wildman–Crippen MR) is 92.0 cm³/mol. The number of hydrogen-bond acceptors (Lipinski definition) is 6. The van der Waals surface area contributed by atoms with Gasteiger partial charge in [-0.05, 0) is 30.3 Å². The van der Waals surface area contributed by atoms with Crippen LogP contribution in [0.2, 0.25) is 0 Å². The molecule has 0 heterocycles. The van der Waals surface area contributed by atoms with Gasteiger partial charge in [0.15, 0.2) is 18.1 Å². The molecule has 0 aliphatic heterocycles. The molecule has 2 amide bonds. The minimum absolute atomic E-state index is 0.0420. The van der Waals surface area contributed by atoms with E-state index in [9.17, 15) is 23.2 Å². The molecule has 0 saturated heterocycles. The monoisotopic (exact) mass is 394 g/mol. The first kappa shape index (κ1) is 20.6. The fourth-order valence-corrected chi connectivity index (χ4v) is 2.03. The fraction of sp³-hybridized carbons (Fsp3) is 0.167. The topological polar surface area (TPSA) is 103 Å². The van der Waals surface area contributed by atoms with Crippen LogP contribution in [0.4, 0.5) is 8.78 Å². The second-order valence-electron chi connectivity index (χ2n) is 5.19. The molecule has 0 aromatic heterocycles. The Morgan fingerprint density at radius 1 is 0.964 bits per heavy atom. The summed E-state index contributed by atoms with van der Waals surface area (Å²) in [6, 6.07) is 11.6. The van der Waals surface area contributed by atoms with Crippen molar-refractivity contribution in [3.05, 3.63) is 59.7 Å². The zero-order valence-electron chi connectivity index (χ0n) is 14.6. The maximum Gasteiger partial charge on any atom is 0.387 e. The molecular formula is C18H16F2N2O6. The van der Waals surface area contributed by atoms with E-state index in [0.717, 1.165) is 12.1 Å². The van der Waals surface area contributed by atoms with E-state index >= 15 is 0 Å². The molecule has 0 unspecified atom stereocenters. The van der Waals surface area contributed by atoms with Gasteiger partial charge in [0.05, 0.1) is 12.7 Å². The number of carbonyl (C=O) groups excluding carboxylic acids is 3. The molecule has 0 aliphatic rings. The molecular weight excluding hydrogens is 378 g/mol. The van der Waals surface area contributed by atoms with Crippen LogP contribution in [0, 0.1) is 0 Å². The highest BCUT2D eigenvalue weighted by atomic mass is 19.3. The molecule has 0 spiro atoms. The summed E-state index contributed by atoms with van der Waals surface area (Å²) in [5, 5.41) is 0. The number of hydrogen-bond donors (Lipinski definition) is 2. The van der Waals surface area contributed by atoms with Crippen molar-refractivity contribution in [3.8, 4) is 11.5 Å². The standard InChI is InChI=1S/C18H16F2N2O6/c1-26-14-9-12(7-8-13(14)28-18(19)20)17(25)27-10-15(23)21-22-16(24)11-5-3-2-4-6-11/h2-9,18H,10H2,1H3,(H,21,23)(H,22,24). The second-order valence-corrected chi connectivity index (χ2v) is 5.19. The Morgan fingerprint density at radius 2 is 1.68 bits per heavy atom. The Labute approximate surface area is 158 Å². The molecule has 10 heteroatoms. The number of benzene rings is 2. The lowest BCUT2D eigenvalue weighted by atomic mass is 10.2. The van der Waals surface area contributed by atoms with Gasteiger partial charge in [-0.1, -0.05) is 18.2 Å². The first-order valence-electron chi connectivity index (χ1n) is 7.85. The van der Waals surface area contributed by atoms with E-state index < -0.39 is 31.0 Å². The fourth-order valence-electron chi connectivity index (χ4n) is 2.03. The summed E-state index contributed by atoms with van der Waals surface area (Å²) in [6.45, 7) is -3.73. The minimum Gasteiger partial charge on any atom is -0.493 e. The van der Waals surface area contributed by atoms with Gasteiger partial charge in [-0.3, -0.25) is 20.4 Å². The lowest BCUT2D eigenvalue weighted by molar-refractivity contribution is -0.125. The second kappa shape index (κ2) is 9.86. The summed E-state index contributed by atoms with van der Waals surface area (Å²) in [5.41, 5.74) is 4.56. The predicted octanol–water partition coefficient (Wildman–Crippen LogP) is 1.91. The van der Waals surface area contributed by atoms with Crippen molar-refractivity contribution in [3.63, 3.8) is 0 Å². The van der Waals surface area contributed by atoms with Crippen LogP contribution in [-0.4, -0.2) is 38.1 Å². The smallest absolute Gasteiger partial charge is 0.387 e. The van der Waals surface area contributed by atoms with Crippen molar-refractivity contribution in [2.75, 3.05) is 13.7 Å². The van der Waals surface area contributed by atoms with Crippen molar-refractivity contribution in [2.24, 2.45) is 0 Å². The zero-order valence-corrected chi connectivity index (χ0v) is 14.6. The number of carbonyl (C=O) groups is 3. The molecule has 2 aromatic carbocycles. The third-order valence-electron chi connectivity index (χ3n) is 3.30. The highest BCUT2D eigenvalue weighted by Gasteiger charge is 2.16. The quantitative estimate of drug-likeness (QED) is 0.549. The van der Waals surface area contributed by atoms with Crippen molar-refractivity contribution in [1.29, 1.82) is 0 Å². The normalized spacial score (nSPS) is 10.1. The van der Waals surface area contributed by atoms with Crippen LogP contribution < -0.4 is 20.3 Å². The molecule has 0 atom stereocenters. The SMILES string of the molecule is COc1cc(C(=O)OCC(=O)NNC(=O)c2ccccc2)ccc1OC(F)F. The summed E-state index contributed by atoms with van der Waals surface area (Å²) in [5.74, 6) is -2.57. The highest BCUT2D eigenvalue weighted by molar-refractivity contribution is 5.96. The summed E-state index contributed by atoms with van der Waals surface area (Å²) >= 11 is 0. The van der Waals surface area contributed by atoms with Crippen molar-refractivity contribution in [2.45, 2.75) is 6.61 Å². The average molecular weight is 394 g/mol. The third kappa shape index (κ3) is 5.94. The number of nitrogens with one attached hydrogen (secondary N) is 2. The maximum absolute atomic E-state index is 12.3. The van der Waals surface area contributed by atoms with Crippen molar-refractivity contribution >= 4 is 17.8 Å². The molecule has 28 heavy (non-hydrogen) atoms. The van der Waals surface area contributed by atoms with Crippen LogP contribution in [-0.2, 0) is 9.53 Å². The van der Waals surface area contributed by atoms with E-state index in [1.54, 1.807) is 30.3 Å². The number of ether oxygens (including phenoxy) is 3. The van der Waals surface area contributed by atoms with Gasteiger partial charge in [-0.25, -0.2) is 4.79 Å². The van der Waals surface area contributed by atoms with Gasteiger partial charge in [0.1, 0.15) is 0 Å². The first-order valence-corrected chi connectivity index (χ1v) is 7.85.